The Balaban J connectivity index is 3.05. The summed E-state index contributed by atoms with van der Waals surface area (Å²) in [6, 6.07) is 5.55. The van der Waals surface area contributed by atoms with Gasteiger partial charge in [0.1, 0.15) is 0 Å². The maximum atomic E-state index is 11.1. The van der Waals surface area contributed by atoms with Gasteiger partial charge in [-0.2, -0.15) is 0 Å². The predicted octanol–water partition coefficient (Wildman–Crippen LogP) is 3.87. The van der Waals surface area contributed by atoms with Crippen molar-refractivity contribution in [3.05, 3.63) is 34.9 Å². The average molecular weight is 285 g/mol. The SMILES string of the molecule is CC[C@@H](C)Cc1cc(CBr)ccc1C(=O)O. The highest BCUT2D eigenvalue weighted by atomic mass is 79.9. The second-order valence-corrected chi connectivity index (χ2v) is 4.71. The Bertz CT molecular complexity index is 374. The summed E-state index contributed by atoms with van der Waals surface area (Å²) in [5.41, 5.74) is 2.51. The summed E-state index contributed by atoms with van der Waals surface area (Å²) in [4.78, 5) is 11.1. The van der Waals surface area contributed by atoms with Crippen LogP contribution in [-0.2, 0) is 11.8 Å². The highest BCUT2D eigenvalue weighted by molar-refractivity contribution is 9.08. The molecule has 0 aliphatic rings. The van der Waals surface area contributed by atoms with Crippen LogP contribution in [0, 0.1) is 5.92 Å². The molecule has 1 N–H and O–H groups in total. The van der Waals surface area contributed by atoms with Gasteiger partial charge in [-0.3, -0.25) is 0 Å². The van der Waals surface area contributed by atoms with E-state index in [1.807, 2.05) is 12.1 Å². The fraction of sp³-hybridized carbons (Fsp3) is 0.462. The predicted molar refractivity (Wildman–Crippen MR) is 69.2 cm³/mol. The van der Waals surface area contributed by atoms with Gasteiger partial charge < -0.3 is 5.11 Å². The second-order valence-electron chi connectivity index (χ2n) is 4.15. The van der Waals surface area contributed by atoms with Crippen LogP contribution in [0.3, 0.4) is 0 Å². The molecule has 1 aromatic rings. The maximum absolute atomic E-state index is 11.1. The van der Waals surface area contributed by atoms with E-state index < -0.39 is 5.97 Å². The minimum absolute atomic E-state index is 0.435. The molecule has 0 heterocycles. The van der Waals surface area contributed by atoms with E-state index in [2.05, 4.69) is 29.8 Å². The summed E-state index contributed by atoms with van der Waals surface area (Å²) < 4.78 is 0. The Morgan fingerprint density at radius 3 is 2.69 bits per heavy atom. The molecule has 0 amide bonds. The minimum Gasteiger partial charge on any atom is -0.478 e. The summed E-state index contributed by atoms with van der Waals surface area (Å²) >= 11 is 3.39. The van der Waals surface area contributed by atoms with Crippen molar-refractivity contribution in [2.45, 2.75) is 32.0 Å². The Kier molecular flexibility index (Phi) is 5.00. The van der Waals surface area contributed by atoms with Gasteiger partial charge in [0.2, 0.25) is 0 Å². The minimum atomic E-state index is -0.834. The van der Waals surface area contributed by atoms with E-state index in [1.54, 1.807) is 6.07 Å². The number of halogens is 1. The molecule has 0 aliphatic heterocycles. The third-order valence-electron chi connectivity index (χ3n) is 2.82. The number of hydrogen-bond donors (Lipinski definition) is 1. The molecule has 0 unspecified atom stereocenters. The monoisotopic (exact) mass is 284 g/mol. The zero-order chi connectivity index (χ0) is 12.1. The van der Waals surface area contributed by atoms with Crippen LogP contribution in [0.5, 0.6) is 0 Å². The molecule has 0 bridgehead atoms. The Morgan fingerprint density at radius 1 is 1.50 bits per heavy atom. The number of rotatable bonds is 5. The van der Waals surface area contributed by atoms with Gasteiger partial charge in [0.25, 0.3) is 0 Å². The second kappa shape index (κ2) is 6.04. The highest BCUT2D eigenvalue weighted by Gasteiger charge is 2.12. The van der Waals surface area contributed by atoms with Gasteiger partial charge in [0.05, 0.1) is 5.56 Å². The average Bonchev–Trinajstić information content (AvgIpc) is 2.28. The van der Waals surface area contributed by atoms with Crippen molar-refractivity contribution in [1.29, 1.82) is 0 Å². The lowest BCUT2D eigenvalue weighted by molar-refractivity contribution is 0.0695. The van der Waals surface area contributed by atoms with Gasteiger partial charge in [-0.1, -0.05) is 48.3 Å². The van der Waals surface area contributed by atoms with Gasteiger partial charge in [0.15, 0.2) is 0 Å². The number of aromatic carboxylic acids is 1. The molecule has 3 heteroatoms. The van der Waals surface area contributed by atoms with E-state index in [4.69, 9.17) is 5.11 Å². The number of carboxylic acid groups (broad SMARTS) is 1. The van der Waals surface area contributed by atoms with E-state index in [1.165, 1.54) is 0 Å². The molecule has 88 valence electrons. The van der Waals surface area contributed by atoms with Crippen molar-refractivity contribution >= 4 is 21.9 Å². The lowest BCUT2D eigenvalue weighted by Crippen LogP contribution is -2.07. The van der Waals surface area contributed by atoms with Crippen molar-refractivity contribution < 1.29 is 9.90 Å². The topological polar surface area (TPSA) is 37.3 Å². The van der Waals surface area contributed by atoms with E-state index in [0.717, 1.165) is 29.3 Å². The molecule has 1 aromatic carbocycles. The quantitative estimate of drug-likeness (QED) is 0.834. The molecule has 0 aromatic heterocycles. The van der Waals surface area contributed by atoms with Gasteiger partial charge in [0, 0.05) is 5.33 Å². The van der Waals surface area contributed by atoms with Gasteiger partial charge in [-0.05, 0) is 29.5 Å². The normalized spacial score (nSPS) is 12.4. The van der Waals surface area contributed by atoms with Crippen LogP contribution in [-0.4, -0.2) is 11.1 Å². The number of benzene rings is 1. The lowest BCUT2D eigenvalue weighted by Gasteiger charge is -2.12. The zero-order valence-electron chi connectivity index (χ0n) is 9.66. The standard InChI is InChI=1S/C13H17BrO2/c1-3-9(2)6-11-7-10(8-14)4-5-12(11)13(15)16/h4-5,7,9H,3,6,8H2,1-2H3,(H,15,16)/t9-/m1/s1. The van der Waals surface area contributed by atoms with Crippen molar-refractivity contribution in [2.24, 2.45) is 5.92 Å². The molecule has 0 radical (unpaired) electrons. The van der Waals surface area contributed by atoms with Crippen molar-refractivity contribution in [3.63, 3.8) is 0 Å². The summed E-state index contributed by atoms with van der Waals surface area (Å²) in [7, 11) is 0. The number of carbonyl (C=O) groups is 1. The van der Waals surface area contributed by atoms with Crippen LogP contribution in [0.25, 0.3) is 0 Å². The van der Waals surface area contributed by atoms with Crippen molar-refractivity contribution in [3.8, 4) is 0 Å². The number of alkyl halides is 1. The number of carboxylic acids is 1. The van der Waals surface area contributed by atoms with Crippen LogP contribution in [0.2, 0.25) is 0 Å². The molecular weight excluding hydrogens is 268 g/mol. The molecule has 1 atom stereocenters. The first-order chi connectivity index (χ1) is 7.58. The van der Waals surface area contributed by atoms with Crippen LogP contribution < -0.4 is 0 Å². The largest absolute Gasteiger partial charge is 0.478 e. The first-order valence-corrected chi connectivity index (χ1v) is 6.61. The maximum Gasteiger partial charge on any atom is 0.335 e. The first-order valence-electron chi connectivity index (χ1n) is 5.49. The van der Waals surface area contributed by atoms with Gasteiger partial charge >= 0.3 is 5.97 Å². The molecule has 0 fully saturated rings. The van der Waals surface area contributed by atoms with Gasteiger partial charge in [-0.25, -0.2) is 4.79 Å². The summed E-state index contributed by atoms with van der Waals surface area (Å²) in [5.74, 6) is -0.317. The molecule has 1 rings (SSSR count). The van der Waals surface area contributed by atoms with Crippen molar-refractivity contribution in [1.82, 2.24) is 0 Å². The fourth-order valence-electron chi connectivity index (χ4n) is 1.63. The summed E-state index contributed by atoms with van der Waals surface area (Å²) in [6.45, 7) is 4.27. The van der Waals surface area contributed by atoms with E-state index in [-0.39, 0.29) is 0 Å². The Hall–Kier alpha value is -0.830. The summed E-state index contributed by atoms with van der Waals surface area (Å²) in [5, 5.41) is 9.87. The van der Waals surface area contributed by atoms with Crippen LogP contribution in [0.4, 0.5) is 0 Å². The van der Waals surface area contributed by atoms with Gasteiger partial charge in [-0.15, -0.1) is 0 Å². The van der Waals surface area contributed by atoms with Crippen LogP contribution >= 0.6 is 15.9 Å². The summed E-state index contributed by atoms with van der Waals surface area (Å²) in [6.07, 6.45) is 1.90. The van der Waals surface area contributed by atoms with E-state index in [0.29, 0.717) is 11.5 Å². The molecular formula is C13H17BrO2. The zero-order valence-corrected chi connectivity index (χ0v) is 11.3. The third-order valence-corrected chi connectivity index (χ3v) is 3.47. The third kappa shape index (κ3) is 3.34. The van der Waals surface area contributed by atoms with Crippen LogP contribution in [0.15, 0.2) is 18.2 Å². The fourth-order valence-corrected chi connectivity index (χ4v) is 1.98. The molecule has 0 aliphatic carbocycles. The molecule has 0 saturated heterocycles. The van der Waals surface area contributed by atoms with E-state index in [9.17, 15) is 4.79 Å². The molecule has 0 spiro atoms. The molecule has 16 heavy (non-hydrogen) atoms. The highest BCUT2D eigenvalue weighted by Crippen LogP contribution is 2.19. The van der Waals surface area contributed by atoms with E-state index >= 15 is 0 Å². The lowest BCUT2D eigenvalue weighted by atomic mass is 9.94. The molecule has 2 nitrogen and oxygen atoms in total. The smallest absolute Gasteiger partial charge is 0.335 e. The van der Waals surface area contributed by atoms with Crippen LogP contribution in [0.1, 0.15) is 41.8 Å². The van der Waals surface area contributed by atoms with Crippen molar-refractivity contribution in [2.75, 3.05) is 0 Å². The molecule has 0 saturated carbocycles. The Morgan fingerprint density at radius 2 is 2.19 bits per heavy atom. The number of hydrogen-bond acceptors (Lipinski definition) is 1. The first kappa shape index (κ1) is 13.2. The Labute approximate surface area is 105 Å².